The van der Waals surface area contributed by atoms with Crippen LogP contribution in [-0.2, 0) is 23.4 Å². The molecule has 1 N–H and O–H groups in total. The van der Waals surface area contributed by atoms with Crippen molar-refractivity contribution in [2.24, 2.45) is 0 Å². The lowest BCUT2D eigenvalue weighted by Gasteiger charge is -2.22. The topological polar surface area (TPSA) is 73.9 Å². The quantitative estimate of drug-likeness (QED) is 0.227. The normalized spacial score (nSPS) is 11.8. The van der Waals surface area contributed by atoms with Gasteiger partial charge in [0, 0.05) is 30.6 Å². The fourth-order valence-corrected chi connectivity index (χ4v) is 4.54. The maximum Gasteiger partial charge on any atom is 0.327 e. The van der Waals surface area contributed by atoms with Gasteiger partial charge in [0.25, 0.3) is 0 Å². The Morgan fingerprint density at radius 3 is 2.67 bits per heavy atom. The molecule has 0 aromatic carbocycles. The van der Waals surface area contributed by atoms with Gasteiger partial charge in [-0.05, 0) is 33.1 Å². The summed E-state index contributed by atoms with van der Waals surface area (Å²) in [5.41, 5.74) is 0. The zero-order chi connectivity index (χ0) is 18.1. The zero-order valence-corrected chi connectivity index (χ0v) is 17.4. The molecule has 0 aliphatic rings. The van der Waals surface area contributed by atoms with Gasteiger partial charge in [-0.15, -0.1) is 0 Å². The molecule has 0 aromatic rings. The van der Waals surface area contributed by atoms with Crippen LogP contribution in [0.3, 0.4) is 0 Å². The Bertz CT molecular complexity index is 335. The van der Waals surface area contributed by atoms with E-state index in [1.807, 2.05) is 21.6 Å². The lowest BCUT2D eigenvalue weighted by molar-refractivity contribution is -0.121. The summed E-state index contributed by atoms with van der Waals surface area (Å²) in [4.78, 5) is 11.8. The van der Waals surface area contributed by atoms with Gasteiger partial charge in [0.15, 0.2) is 0 Å². The molecule has 1 amide bonds. The van der Waals surface area contributed by atoms with Crippen LogP contribution in [0, 0.1) is 0 Å². The van der Waals surface area contributed by atoms with Crippen molar-refractivity contribution in [1.29, 1.82) is 0 Å². The smallest absolute Gasteiger partial charge is 0.327 e. The van der Waals surface area contributed by atoms with Crippen LogP contribution in [0.1, 0.15) is 39.5 Å². The minimum Gasteiger partial charge on any atom is -0.382 e. The van der Waals surface area contributed by atoms with E-state index in [2.05, 4.69) is 19.2 Å². The Morgan fingerprint density at radius 1 is 1.17 bits per heavy atom. The van der Waals surface area contributed by atoms with Crippen LogP contribution in [0.4, 0.5) is 0 Å². The van der Waals surface area contributed by atoms with Crippen molar-refractivity contribution in [3.05, 3.63) is 0 Å². The van der Waals surface area contributed by atoms with Gasteiger partial charge in [-0.25, -0.2) is 4.57 Å². The molecule has 0 aliphatic carbocycles. The molecule has 0 fully saturated rings. The summed E-state index contributed by atoms with van der Waals surface area (Å²) in [5, 5.41) is 2.87. The van der Waals surface area contributed by atoms with Crippen LogP contribution in [0.25, 0.3) is 0 Å². The maximum absolute atomic E-state index is 11.8. The van der Waals surface area contributed by atoms with Gasteiger partial charge in [0.1, 0.15) is 0 Å². The summed E-state index contributed by atoms with van der Waals surface area (Å²) in [7, 11) is 5.02. The molecule has 0 aliphatic heterocycles. The molecule has 0 aromatic heterocycles. The molecule has 0 saturated heterocycles. The van der Waals surface area contributed by atoms with Crippen molar-refractivity contribution < 1.29 is 23.4 Å². The van der Waals surface area contributed by atoms with Crippen LogP contribution >= 0.6 is 30.3 Å². The Kier molecular flexibility index (Phi) is 16.7. The standard InChI is InChI=1S/C15H30NO5PS2/c1-15(2,24-23-13-5-4-9-21-22-18)7-6-14(17)16-8-10-20-12-11-19-3/h4-13H2,1-3H3,(H,16,17). The first-order valence-electron chi connectivity index (χ1n) is 8.10. The van der Waals surface area contributed by atoms with Crippen molar-refractivity contribution in [2.75, 3.05) is 45.8 Å². The molecule has 24 heavy (non-hydrogen) atoms. The van der Waals surface area contributed by atoms with Crippen molar-refractivity contribution in [1.82, 2.24) is 5.32 Å². The van der Waals surface area contributed by atoms with Gasteiger partial charge < -0.3 is 14.8 Å². The van der Waals surface area contributed by atoms with Crippen LogP contribution in [0.15, 0.2) is 0 Å². The van der Waals surface area contributed by atoms with Crippen LogP contribution in [0.2, 0.25) is 0 Å². The number of unbranched alkanes of at least 4 members (excludes halogenated alkanes) is 1. The number of carbonyl (C=O) groups excluding carboxylic acids is 1. The Balaban J connectivity index is 3.56. The maximum atomic E-state index is 11.8. The second-order valence-corrected chi connectivity index (χ2v) is 9.27. The molecule has 0 heterocycles. The van der Waals surface area contributed by atoms with E-state index < -0.39 is 0 Å². The molecule has 0 radical (unpaired) electrons. The fourth-order valence-electron chi connectivity index (χ4n) is 1.62. The fraction of sp³-hybridized carbons (Fsp3) is 0.933. The highest BCUT2D eigenvalue weighted by molar-refractivity contribution is 8.77. The van der Waals surface area contributed by atoms with Gasteiger partial charge in [-0.3, -0.25) is 9.32 Å². The minimum atomic E-state index is -0.240. The van der Waals surface area contributed by atoms with Crippen LogP contribution in [-0.4, -0.2) is 56.5 Å². The third kappa shape index (κ3) is 17.0. The van der Waals surface area contributed by atoms with E-state index >= 15 is 0 Å². The van der Waals surface area contributed by atoms with Crippen LogP contribution < -0.4 is 5.32 Å². The summed E-state index contributed by atoms with van der Waals surface area (Å²) in [6, 6.07) is 0. The van der Waals surface area contributed by atoms with Crippen molar-refractivity contribution in [2.45, 2.75) is 44.3 Å². The van der Waals surface area contributed by atoms with Crippen LogP contribution in [0.5, 0.6) is 0 Å². The molecular weight excluding hydrogens is 369 g/mol. The number of nitrogens with one attached hydrogen (secondary N) is 1. The molecule has 0 saturated carbocycles. The van der Waals surface area contributed by atoms with E-state index in [0.717, 1.165) is 25.0 Å². The van der Waals surface area contributed by atoms with Gasteiger partial charge in [-0.1, -0.05) is 21.6 Å². The Hall–Kier alpha value is 0.150. The average molecular weight is 400 g/mol. The zero-order valence-electron chi connectivity index (χ0n) is 14.9. The first-order chi connectivity index (χ1) is 11.5. The average Bonchev–Trinajstić information content (AvgIpc) is 2.55. The van der Waals surface area contributed by atoms with E-state index in [1.54, 1.807) is 7.11 Å². The van der Waals surface area contributed by atoms with E-state index in [4.69, 9.17) is 14.0 Å². The Morgan fingerprint density at radius 2 is 1.96 bits per heavy atom. The summed E-state index contributed by atoms with van der Waals surface area (Å²) < 4.78 is 25.1. The van der Waals surface area contributed by atoms with Gasteiger partial charge in [-0.2, -0.15) is 0 Å². The number of hydrogen-bond donors (Lipinski definition) is 1. The number of hydrogen-bond acceptors (Lipinski definition) is 7. The van der Waals surface area contributed by atoms with E-state index in [9.17, 15) is 9.36 Å². The number of methoxy groups -OCH3 is 1. The molecule has 6 nitrogen and oxygen atoms in total. The first-order valence-corrected chi connectivity index (χ1v) is 11.2. The Labute approximate surface area is 155 Å². The third-order valence-electron chi connectivity index (χ3n) is 3.01. The molecule has 0 bridgehead atoms. The summed E-state index contributed by atoms with van der Waals surface area (Å²) in [6.45, 7) is 7.03. The second-order valence-electron chi connectivity index (χ2n) is 5.73. The lowest BCUT2D eigenvalue weighted by Crippen LogP contribution is -2.29. The molecule has 142 valence electrons. The molecule has 0 unspecified atom stereocenters. The monoisotopic (exact) mass is 399 g/mol. The van der Waals surface area contributed by atoms with Gasteiger partial charge >= 0.3 is 8.69 Å². The number of amides is 1. The number of carbonyl (C=O) groups is 1. The van der Waals surface area contributed by atoms with E-state index in [1.165, 1.54) is 0 Å². The molecule has 9 heteroatoms. The summed E-state index contributed by atoms with van der Waals surface area (Å²) >= 11 is 0. The summed E-state index contributed by atoms with van der Waals surface area (Å²) in [5.74, 6) is 1.09. The summed E-state index contributed by atoms with van der Waals surface area (Å²) in [6.07, 6.45) is 3.30. The predicted molar refractivity (Wildman–Crippen MR) is 102 cm³/mol. The van der Waals surface area contributed by atoms with E-state index in [-0.39, 0.29) is 19.3 Å². The van der Waals surface area contributed by atoms with Crippen molar-refractivity contribution in [3.63, 3.8) is 0 Å². The highest BCUT2D eigenvalue weighted by Gasteiger charge is 2.20. The van der Waals surface area contributed by atoms with Crippen molar-refractivity contribution >= 4 is 36.2 Å². The minimum absolute atomic E-state index is 0.0567. The van der Waals surface area contributed by atoms with E-state index in [0.29, 0.717) is 39.4 Å². The highest BCUT2D eigenvalue weighted by atomic mass is 33.1. The molecule has 0 atom stereocenters. The predicted octanol–water partition coefficient (Wildman–Crippen LogP) is 3.71. The third-order valence-corrected chi connectivity index (χ3v) is 6.73. The van der Waals surface area contributed by atoms with Gasteiger partial charge in [0.2, 0.25) is 5.91 Å². The number of ether oxygens (including phenoxy) is 2. The van der Waals surface area contributed by atoms with Crippen molar-refractivity contribution in [3.8, 4) is 0 Å². The SMILES string of the molecule is COCCOCCNC(=O)CCC(C)(C)SSCCCCOP=O. The second kappa shape index (κ2) is 16.6. The molecule has 0 rings (SSSR count). The highest BCUT2D eigenvalue weighted by Crippen LogP contribution is 2.39. The molecule has 0 spiro atoms. The molecular formula is C15H30NO5PS2. The largest absolute Gasteiger partial charge is 0.382 e. The lowest BCUT2D eigenvalue weighted by atomic mass is 10.1. The number of rotatable bonds is 17. The first kappa shape index (κ1) is 24.1. The van der Waals surface area contributed by atoms with Gasteiger partial charge in [0.05, 0.1) is 26.4 Å².